The molecule has 2 heterocycles. The predicted octanol–water partition coefficient (Wildman–Crippen LogP) is 1.41. The van der Waals surface area contributed by atoms with Crippen LogP contribution in [0.2, 0.25) is 0 Å². The number of hydrazine groups is 1. The van der Waals surface area contributed by atoms with Crippen LogP contribution in [0.5, 0.6) is 0 Å². The minimum atomic E-state index is -3.31. The van der Waals surface area contributed by atoms with Crippen molar-refractivity contribution in [1.29, 1.82) is 0 Å². The minimum Gasteiger partial charge on any atom is -0.241 e. The average molecular weight is 297 g/mol. The second-order valence-corrected chi connectivity index (χ2v) is 6.84. The molecule has 14 heavy (non-hydrogen) atoms. The van der Waals surface area contributed by atoms with Crippen LogP contribution in [0.1, 0.15) is 6.42 Å². The first-order valence-electron chi connectivity index (χ1n) is 4.11. The van der Waals surface area contributed by atoms with E-state index in [-0.39, 0.29) is 0 Å². The Hall–Kier alpha value is 0.0500. The molecule has 1 saturated heterocycles. The summed E-state index contributed by atoms with van der Waals surface area (Å²) in [6.07, 6.45) is 0.867. The van der Waals surface area contributed by atoms with Gasteiger partial charge in [-0.1, -0.05) is 0 Å². The molecule has 0 spiro atoms. The van der Waals surface area contributed by atoms with E-state index in [0.29, 0.717) is 10.8 Å². The predicted molar refractivity (Wildman–Crippen MR) is 58.5 cm³/mol. The second-order valence-electron chi connectivity index (χ2n) is 2.92. The molecule has 1 fully saturated rings. The van der Waals surface area contributed by atoms with Crippen LogP contribution in [0.25, 0.3) is 0 Å². The van der Waals surface area contributed by atoms with Gasteiger partial charge in [0.2, 0.25) is 0 Å². The van der Waals surface area contributed by atoms with Crippen molar-refractivity contribution in [1.82, 2.24) is 9.84 Å². The summed E-state index contributed by atoms with van der Waals surface area (Å²) in [5, 5.41) is 1.77. The molecule has 0 amide bonds. The van der Waals surface area contributed by atoms with Crippen molar-refractivity contribution in [2.45, 2.75) is 10.6 Å². The highest BCUT2D eigenvalue weighted by Gasteiger charge is 2.28. The zero-order chi connectivity index (χ0) is 10.2. The van der Waals surface area contributed by atoms with Crippen molar-refractivity contribution in [2.75, 3.05) is 13.1 Å². The summed E-state index contributed by atoms with van der Waals surface area (Å²) in [5.41, 5.74) is 2.84. The van der Waals surface area contributed by atoms with Crippen molar-refractivity contribution >= 4 is 37.3 Å². The molecule has 7 heteroatoms. The molecule has 0 aliphatic carbocycles. The van der Waals surface area contributed by atoms with Gasteiger partial charge in [0.15, 0.2) is 0 Å². The van der Waals surface area contributed by atoms with Crippen molar-refractivity contribution < 1.29 is 8.42 Å². The molecule has 0 aromatic carbocycles. The summed E-state index contributed by atoms with van der Waals surface area (Å²) in [6.45, 7) is 1.28. The number of nitrogens with zero attached hydrogens (tertiary/aromatic N) is 1. The topological polar surface area (TPSA) is 49.4 Å². The van der Waals surface area contributed by atoms with Crippen LogP contribution in [0.15, 0.2) is 20.1 Å². The van der Waals surface area contributed by atoms with Crippen LogP contribution in [0.4, 0.5) is 0 Å². The Balaban J connectivity index is 2.32. The normalized spacial score (nSPS) is 18.9. The molecule has 2 rings (SSSR count). The highest BCUT2D eigenvalue weighted by molar-refractivity contribution is 9.10. The lowest BCUT2D eigenvalue weighted by atomic mass is 10.5. The van der Waals surface area contributed by atoms with Crippen molar-refractivity contribution in [3.05, 3.63) is 15.9 Å². The van der Waals surface area contributed by atoms with Gasteiger partial charge in [-0.25, -0.2) is 13.8 Å². The Morgan fingerprint density at radius 3 is 2.86 bits per heavy atom. The summed E-state index contributed by atoms with van der Waals surface area (Å²) < 4.78 is 26.3. The molecule has 4 nitrogen and oxygen atoms in total. The van der Waals surface area contributed by atoms with E-state index in [0.717, 1.165) is 17.4 Å². The highest BCUT2D eigenvalue weighted by atomic mass is 79.9. The van der Waals surface area contributed by atoms with Crippen LogP contribution >= 0.6 is 27.3 Å². The highest BCUT2D eigenvalue weighted by Crippen LogP contribution is 2.26. The number of hydrogen-bond acceptors (Lipinski definition) is 4. The number of rotatable bonds is 2. The van der Waals surface area contributed by atoms with Crippen molar-refractivity contribution in [3.8, 4) is 0 Å². The molecular formula is C7H9BrN2O2S2. The lowest BCUT2D eigenvalue weighted by Gasteiger charge is -2.13. The Kier molecular flexibility index (Phi) is 2.94. The van der Waals surface area contributed by atoms with Crippen LogP contribution < -0.4 is 5.43 Å². The molecule has 1 aliphatic rings. The maximum absolute atomic E-state index is 11.9. The zero-order valence-electron chi connectivity index (χ0n) is 7.23. The number of halogens is 1. The van der Waals surface area contributed by atoms with Crippen LogP contribution in [0, 0.1) is 0 Å². The smallest absolute Gasteiger partial charge is 0.241 e. The molecular weight excluding hydrogens is 288 g/mol. The third kappa shape index (κ3) is 1.87. The molecule has 0 bridgehead atoms. The fourth-order valence-corrected chi connectivity index (χ4v) is 4.58. The number of nitrogens with one attached hydrogen (secondary N) is 1. The Bertz CT molecular complexity index is 423. The lowest BCUT2D eigenvalue weighted by Crippen LogP contribution is -2.36. The third-order valence-electron chi connectivity index (χ3n) is 1.91. The lowest BCUT2D eigenvalue weighted by molar-refractivity contribution is 0.400. The molecule has 0 saturated carbocycles. The van der Waals surface area contributed by atoms with Gasteiger partial charge in [0.25, 0.3) is 10.0 Å². The monoisotopic (exact) mass is 296 g/mol. The van der Waals surface area contributed by atoms with Crippen LogP contribution in [-0.4, -0.2) is 25.9 Å². The average Bonchev–Trinajstić information content (AvgIpc) is 2.72. The van der Waals surface area contributed by atoms with Gasteiger partial charge >= 0.3 is 0 Å². The second kappa shape index (κ2) is 3.90. The first-order chi connectivity index (χ1) is 6.60. The van der Waals surface area contributed by atoms with Crippen molar-refractivity contribution in [2.24, 2.45) is 0 Å². The summed E-state index contributed by atoms with van der Waals surface area (Å²) in [7, 11) is -3.31. The molecule has 1 aromatic rings. The standard InChI is InChI=1S/C7H9BrN2O2S2/c8-6-4-7(13-5-6)14(11,12)10-3-1-2-9-10/h4-5,9H,1-3H2. The maximum Gasteiger partial charge on any atom is 0.265 e. The van der Waals surface area contributed by atoms with Gasteiger partial charge < -0.3 is 0 Å². The summed E-state index contributed by atoms with van der Waals surface area (Å²) in [6, 6.07) is 1.62. The van der Waals surface area contributed by atoms with Gasteiger partial charge in [-0.15, -0.1) is 15.8 Å². The third-order valence-corrected chi connectivity index (χ3v) is 5.84. The zero-order valence-corrected chi connectivity index (χ0v) is 10.5. The molecule has 78 valence electrons. The molecule has 0 radical (unpaired) electrons. The van der Waals surface area contributed by atoms with Crippen molar-refractivity contribution in [3.63, 3.8) is 0 Å². The van der Waals surface area contributed by atoms with E-state index >= 15 is 0 Å². The largest absolute Gasteiger partial charge is 0.265 e. The van der Waals surface area contributed by atoms with Gasteiger partial charge in [-0.05, 0) is 28.4 Å². The number of sulfonamides is 1. The van der Waals surface area contributed by atoms with Gasteiger partial charge in [0.05, 0.1) is 0 Å². The number of hydrogen-bond donors (Lipinski definition) is 1. The summed E-state index contributed by atoms with van der Waals surface area (Å²) in [4.78, 5) is 0. The Morgan fingerprint density at radius 2 is 2.36 bits per heavy atom. The first kappa shape index (κ1) is 10.6. The summed E-state index contributed by atoms with van der Waals surface area (Å²) in [5.74, 6) is 0. The van der Waals surface area contributed by atoms with E-state index in [1.54, 1.807) is 11.4 Å². The van der Waals surface area contributed by atoms with E-state index in [1.807, 2.05) is 0 Å². The maximum atomic E-state index is 11.9. The first-order valence-corrected chi connectivity index (χ1v) is 7.22. The van der Waals surface area contributed by atoms with Gasteiger partial charge in [-0.2, -0.15) is 0 Å². The molecule has 1 aromatic heterocycles. The Labute approximate surface area is 95.1 Å². The molecule has 1 aliphatic heterocycles. The van der Waals surface area contributed by atoms with Gasteiger partial charge in [-0.3, -0.25) is 0 Å². The Morgan fingerprint density at radius 1 is 1.57 bits per heavy atom. The molecule has 0 unspecified atom stereocenters. The van der Waals surface area contributed by atoms with E-state index < -0.39 is 10.0 Å². The van der Waals surface area contributed by atoms with Gasteiger partial charge in [0.1, 0.15) is 4.21 Å². The number of thiophene rings is 1. The van der Waals surface area contributed by atoms with E-state index in [1.165, 1.54) is 15.8 Å². The molecule has 0 atom stereocenters. The molecule has 1 N–H and O–H groups in total. The van der Waals surface area contributed by atoms with Gasteiger partial charge in [0, 0.05) is 22.9 Å². The van der Waals surface area contributed by atoms with E-state index in [2.05, 4.69) is 21.4 Å². The van der Waals surface area contributed by atoms with Crippen LogP contribution in [0.3, 0.4) is 0 Å². The SMILES string of the molecule is O=S(=O)(c1cc(Br)cs1)N1CCCN1. The van der Waals surface area contributed by atoms with Crippen LogP contribution in [-0.2, 0) is 10.0 Å². The fraction of sp³-hybridized carbons (Fsp3) is 0.429. The fourth-order valence-electron chi connectivity index (χ4n) is 1.25. The van der Waals surface area contributed by atoms with E-state index in [9.17, 15) is 8.42 Å². The summed E-state index contributed by atoms with van der Waals surface area (Å²) >= 11 is 4.47. The minimum absolute atomic E-state index is 0.374. The quantitative estimate of drug-likeness (QED) is 0.898. The van der Waals surface area contributed by atoms with E-state index in [4.69, 9.17) is 0 Å².